The number of aryl methyl sites for hydroxylation is 1. The summed E-state index contributed by atoms with van der Waals surface area (Å²) in [6, 6.07) is 19.3. The third-order valence-corrected chi connectivity index (χ3v) is 7.04. The van der Waals surface area contributed by atoms with E-state index in [1.165, 1.54) is 17.2 Å². The van der Waals surface area contributed by atoms with Crippen molar-refractivity contribution in [2.75, 3.05) is 19.6 Å². The first kappa shape index (κ1) is 21.8. The Hall–Kier alpha value is -3.05. The number of fused-ring (bicyclic) bond motifs is 1. The van der Waals surface area contributed by atoms with Crippen LogP contribution in [0.4, 0.5) is 4.39 Å². The SMILES string of the molecule is Cc1ccc(C(=O)N2CCc3ccccc3C2)c(C2CCN(Cc3ccccc3F)CC2)n1. The van der Waals surface area contributed by atoms with Crippen LogP contribution in [0.15, 0.2) is 60.7 Å². The fourth-order valence-corrected chi connectivity index (χ4v) is 5.14. The van der Waals surface area contributed by atoms with Gasteiger partial charge in [0, 0.05) is 36.8 Å². The minimum absolute atomic E-state index is 0.0841. The van der Waals surface area contributed by atoms with Gasteiger partial charge < -0.3 is 4.90 Å². The van der Waals surface area contributed by atoms with Gasteiger partial charge in [-0.05, 0) is 68.6 Å². The van der Waals surface area contributed by atoms with Gasteiger partial charge in [0.25, 0.3) is 5.91 Å². The third kappa shape index (κ3) is 4.69. The molecule has 2 aromatic carbocycles. The van der Waals surface area contributed by atoms with Crippen LogP contribution >= 0.6 is 0 Å². The van der Waals surface area contributed by atoms with Crippen LogP contribution in [-0.2, 0) is 19.5 Å². The highest BCUT2D eigenvalue weighted by Gasteiger charge is 2.29. The number of hydrogen-bond donors (Lipinski definition) is 0. The van der Waals surface area contributed by atoms with Crippen LogP contribution in [0.1, 0.15) is 57.2 Å². The van der Waals surface area contributed by atoms with Gasteiger partial charge in [-0.15, -0.1) is 0 Å². The van der Waals surface area contributed by atoms with Gasteiger partial charge in [0.1, 0.15) is 5.82 Å². The van der Waals surface area contributed by atoms with Crippen molar-refractivity contribution >= 4 is 5.91 Å². The number of carbonyl (C=O) groups excluding carboxylic acids is 1. The fourth-order valence-electron chi connectivity index (χ4n) is 5.14. The fraction of sp³-hybridized carbons (Fsp3) is 0.357. The number of hydrogen-bond acceptors (Lipinski definition) is 3. The van der Waals surface area contributed by atoms with Gasteiger partial charge >= 0.3 is 0 Å². The molecule has 0 bridgehead atoms. The molecule has 1 aromatic heterocycles. The molecular formula is C28H30FN3O. The first-order valence-electron chi connectivity index (χ1n) is 11.9. The maximum Gasteiger partial charge on any atom is 0.256 e. The molecule has 3 aromatic rings. The molecule has 5 rings (SSSR count). The predicted molar refractivity (Wildman–Crippen MR) is 128 cm³/mol. The number of pyridine rings is 1. The molecule has 2 aliphatic heterocycles. The standard InChI is InChI=1S/C28H30FN3O/c1-20-10-11-25(28(33)32-17-14-21-6-2-3-7-23(21)19-32)27(30-20)22-12-15-31(16-13-22)18-24-8-4-5-9-26(24)29/h2-11,22H,12-19H2,1H3. The molecule has 0 unspecified atom stereocenters. The van der Waals surface area contributed by atoms with Gasteiger partial charge in [-0.1, -0.05) is 42.5 Å². The van der Waals surface area contributed by atoms with E-state index in [-0.39, 0.29) is 17.6 Å². The minimum Gasteiger partial charge on any atom is -0.334 e. The summed E-state index contributed by atoms with van der Waals surface area (Å²) in [7, 11) is 0. The van der Waals surface area contributed by atoms with Crippen molar-refractivity contribution in [2.24, 2.45) is 0 Å². The van der Waals surface area contributed by atoms with Crippen LogP contribution in [0.25, 0.3) is 0 Å². The van der Waals surface area contributed by atoms with E-state index in [4.69, 9.17) is 4.98 Å². The topological polar surface area (TPSA) is 36.4 Å². The summed E-state index contributed by atoms with van der Waals surface area (Å²) in [4.78, 5) is 22.7. The van der Waals surface area contributed by atoms with Crippen LogP contribution in [0.3, 0.4) is 0 Å². The molecular weight excluding hydrogens is 413 g/mol. The number of amides is 1. The molecule has 0 atom stereocenters. The highest BCUT2D eigenvalue weighted by atomic mass is 19.1. The lowest BCUT2D eigenvalue weighted by atomic mass is 9.89. The van der Waals surface area contributed by atoms with E-state index in [9.17, 15) is 9.18 Å². The summed E-state index contributed by atoms with van der Waals surface area (Å²) in [6.07, 6.45) is 2.74. The van der Waals surface area contributed by atoms with E-state index in [1.54, 1.807) is 6.07 Å². The van der Waals surface area contributed by atoms with E-state index in [0.717, 1.165) is 61.4 Å². The van der Waals surface area contributed by atoms with E-state index < -0.39 is 0 Å². The zero-order valence-corrected chi connectivity index (χ0v) is 19.1. The van der Waals surface area contributed by atoms with Crippen LogP contribution in [0.5, 0.6) is 0 Å². The molecule has 1 saturated heterocycles. The van der Waals surface area contributed by atoms with Gasteiger partial charge in [0.05, 0.1) is 11.3 Å². The number of piperidine rings is 1. The second-order valence-electron chi connectivity index (χ2n) is 9.27. The van der Waals surface area contributed by atoms with E-state index in [1.807, 2.05) is 42.2 Å². The van der Waals surface area contributed by atoms with Crippen molar-refractivity contribution < 1.29 is 9.18 Å². The monoisotopic (exact) mass is 443 g/mol. The summed E-state index contributed by atoms with van der Waals surface area (Å²) in [6.45, 7) is 5.76. The van der Waals surface area contributed by atoms with Crippen molar-refractivity contribution in [1.29, 1.82) is 0 Å². The average Bonchev–Trinajstić information content (AvgIpc) is 2.85. The molecule has 3 heterocycles. The summed E-state index contributed by atoms with van der Waals surface area (Å²) in [5.41, 5.74) is 5.94. The van der Waals surface area contributed by atoms with E-state index in [0.29, 0.717) is 13.1 Å². The summed E-state index contributed by atoms with van der Waals surface area (Å²) >= 11 is 0. The number of halogens is 1. The van der Waals surface area contributed by atoms with E-state index in [2.05, 4.69) is 23.1 Å². The second-order valence-corrected chi connectivity index (χ2v) is 9.27. The van der Waals surface area contributed by atoms with Gasteiger partial charge in [-0.3, -0.25) is 14.7 Å². The molecule has 0 saturated carbocycles. The van der Waals surface area contributed by atoms with Crippen LogP contribution in [-0.4, -0.2) is 40.3 Å². The van der Waals surface area contributed by atoms with Gasteiger partial charge in [-0.2, -0.15) is 0 Å². The van der Waals surface area contributed by atoms with Crippen LogP contribution in [0.2, 0.25) is 0 Å². The van der Waals surface area contributed by atoms with Crippen molar-refractivity contribution in [1.82, 2.24) is 14.8 Å². The zero-order valence-electron chi connectivity index (χ0n) is 19.1. The Morgan fingerprint density at radius 2 is 1.70 bits per heavy atom. The number of carbonyl (C=O) groups is 1. The number of likely N-dealkylation sites (tertiary alicyclic amines) is 1. The van der Waals surface area contributed by atoms with Gasteiger partial charge in [0.15, 0.2) is 0 Å². The highest BCUT2D eigenvalue weighted by Crippen LogP contribution is 2.31. The molecule has 0 spiro atoms. The van der Waals surface area contributed by atoms with Crippen molar-refractivity contribution in [3.05, 3.63) is 100 Å². The Morgan fingerprint density at radius 3 is 2.48 bits per heavy atom. The molecule has 0 radical (unpaired) electrons. The molecule has 4 nitrogen and oxygen atoms in total. The molecule has 0 aliphatic carbocycles. The second kappa shape index (κ2) is 9.44. The third-order valence-electron chi connectivity index (χ3n) is 7.04. The number of aromatic nitrogens is 1. The molecule has 33 heavy (non-hydrogen) atoms. The smallest absolute Gasteiger partial charge is 0.256 e. The summed E-state index contributed by atoms with van der Waals surface area (Å²) < 4.78 is 14.1. The van der Waals surface area contributed by atoms with Gasteiger partial charge in [0.2, 0.25) is 0 Å². The molecule has 170 valence electrons. The molecule has 1 fully saturated rings. The van der Waals surface area contributed by atoms with E-state index >= 15 is 0 Å². The quantitative estimate of drug-likeness (QED) is 0.562. The summed E-state index contributed by atoms with van der Waals surface area (Å²) in [5.74, 6) is 0.189. The Labute approximate surface area is 195 Å². The normalized spacial score (nSPS) is 17.1. The van der Waals surface area contributed by atoms with Crippen molar-refractivity contribution in [3.63, 3.8) is 0 Å². The lowest BCUT2D eigenvalue weighted by Gasteiger charge is -2.33. The number of rotatable bonds is 4. The first-order chi connectivity index (χ1) is 16.1. The predicted octanol–water partition coefficient (Wildman–Crippen LogP) is 5.11. The number of benzene rings is 2. The maximum absolute atomic E-state index is 14.1. The maximum atomic E-state index is 14.1. The van der Waals surface area contributed by atoms with Gasteiger partial charge in [-0.25, -0.2) is 4.39 Å². The average molecular weight is 444 g/mol. The highest BCUT2D eigenvalue weighted by molar-refractivity contribution is 5.95. The largest absolute Gasteiger partial charge is 0.334 e. The zero-order chi connectivity index (χ0) is 22.8. The minimum atomic E-state index is -0.143. The van der Waals surface area contributed by atoms with Crippen LogP contribution in [0, 0.1) is 12.7 Å². The molecule has 5 heteroatoms. The van der Waals surface area contributed by atoms with Crippen LogP contribution < -0.4 is 0 Å². The Balaban J connectivity index is 1.30. The molecule has 0 N–H and O–H groups in total. The molecule has 2 aliphatic rings. The van der Waals surface area contributed by atoms with Crippen molar-refractivity contribution in [2.45, 2.75) is 45.2 Å². The first-order valence-corrected chi connectivity index (χ1v) is 11.9. The Bertz CT molecular complexity index is 1150. The van der Waals surface area contributed by atoms with Crippen molar-refractivity contribution in [3.8, 4) is 0 Å². The lowest BCUT2D eigenvalue weighted by Crippen LogP contribution is -2.37. The molecule has 1 amide bonds. The summed E-state index contributed by atoms with van der Waals surface area (Å²) in [5, 5.41) is 0. The Kier molecular flexibility index (Phi) is 6.23. The number of nitrogens with zero attached hydrogens (tertiary/aromatic N) is 3. The Morgan fingerprint density at radius 1 is 0.970 bits per heavy atom. The lowest BCUT2D eigenvalue weighted by molar-refractivity contribution is 0.0731.